The van der Waals surface area contributed by atoms with E-state index in [9.17, 15) is 9.50 Å². The van der Waals surface area contributed by atoms with Gasteiger partial charge in [0.25, 0.3) is 0 Å². The molecule has 3 rings (SSSR count). The molecule has 1 aliphatic heterocycles. The molecule has 0 aliphatic carbocycles. The van der Waals surface area contributed by atoms with Gasteiger partial charge in [0.2, 0.25) is 0 Å². The molecule has 1 aliphatic rings. The Morgan fingerprint density at radius 1 is 1.25 bits per heavy atom. The van der Waals surface area contributed by atoms with Gasteiger partial charge in [0.1, 0.15) is 0 Å². The van der Waals surface area contributed by atoms with Crippen molar-refractivity contribution in [2.24, 2.45) is 4.99 Å². The molecular formula is C24H34FIN4O2. The minimum atomic E-state index is -0.561. The lowest BCUT2D eigenvalue weighted by Crippen LogP contribution is -2.41. The summed E-state index contributed by atoms with van der Waals surface area (Å²) >= 11 is 0. The third kappa shape index (κ3) is 7.31. The number of aliphatic hydroxyl groups excluding tert-OH is 1. The third-order valence-electron chi connectivity index (χ3n) is 5.51. The maximum absolute atomic E-state index is 14.0. The summed E-state index contributed by atoms with van der Waals surface area (Å²) in [6.07, 6.45) is 0.446. The van der Waals surface area contributed by atoms with E-state index in [0.29, 0.717) is 19.0 Å². The molecule has 0 fully saturated rings. The topological polar surface area (TPSA) is 69.1 Å². The number of nitrogens with zero attached hydrogens (tertiary/aromatic N) is 2. The molecule has 0 saturated heterocycles. The first kappa shape index (κ1) is 26.3. The predicted molar refractivity (Wildman–Crippen MR) is 137 cm³/mol. The molecule has 0 spiro atoms. The summed E-state index contributed by atoms with van der Waals surface area (Å²) in [6, 6.07) is 13.2. The zero-order valence-electron chi connectivity index (χ0n) is 19.0. The van der Waals surface area contributed by atoms with E-state index in [1.54, 1.807) is 6.07 Å². The van der Waals surface area contributed by atoms with Crippen LogP contribution in [0, 0.1) is 5.82 Å². The smallest absolute Gasteiger partial charge is 0.191 e. The second kappa shape index (κ2) is 13.0. The summed E-state index contributed by atoms with van der Waals surface area (Å²) in [4.78, 5) is 6.81. The predicted octanol–water partition coefficient (Wildman–Crippen LogP) is 3.49. The zero-order valence-corrected chi connectivity index (χ0v) is 21.3. The Bertz CT molecular complexity index is 896. The lowest BCUT2D eigenvalue weighted by atomic mass is 10.00. The molecule has 0 bridgehead atoms. The van der Waals surface area contributed by atoms with E-state index >= 15 is 0 Å². The van der Waals surface area contributed by atoms with Crippen LogP contribution in [0.4, 0.5) is 4.39 Å². The molecule has 2 aromatic rings. The maximum atomic E-state index is 14.0. The van der Waals surface area contributed by atoms with Gasteiger partial charge in [0.15, 0.2) is 17.5 Å². The van der Waals surface area contributed by atoms with Crippen molar-refractivity contribution in [3.63, 3.8) is 0 Å². The quantitative estimate of drug-likeness (QED) is 0.264. The van der Waals surface area contributed by atoms with Crippen LogP contribution in [0.2, 0.25) is 0 Å². The average molecular weight is 556 g/mol. The van der Waals surface area contributed by atoms with Crippen molar-refractivity contribution in [1.29, 1.82) is 0 Å². The van der Waals surface area contributed by atoms with Crippen LogP contribution >= 0.6 is 24.0 Å². The van der Waals surface area contributed by atoms with Gasteiger partial charge in [-0.15, -0.1) is 24.0 Å². The van der Waals surface area contributed by atoms with Crippen molar-refractivity contribution in [2.75, 3.05) is 33.3 Å². The number of β-amino-alcohol motifs (C(OH)–C–C–N with tert-alkyl or cyclic N) is 1. The Kier molecular flexibility index (Phi) is 10.7. The second-order valence-electron chi connectivity index (χ2n) is 7.89. The Morgan fingerprint density at radius 2 is 2.00 bits per heavy atom. The van der Waals surface area contributed by atoms with E-state index in [4.69, 9.17) is 4.74 Å². The van der Waals surface area contributed by atoms with Crippen LogP contribution in [0.1, 0.15) is 36.6 Å². The number of fused-ring (bicyclic) bond motifs is 1. The van der Waals surface area contributed by atoms with E-state index < -0.39 is 11.9 Å². The molecule has 1 heterocycles. The number of hydrogen-bond donors (Lipinski definition) is 3. The number of guanidine groups is 1. The first-order valence-electron chi connectivity index (χ1n) is 10.9. The summed E-state index contributed by atoms with van der Waals surface area (Å²) in [6.45, 7) is 7.28. The number of methoxy groups -OCH3 is 1. The van der Waals surface area contributed by atoms with Gasteiger partial charge in [0, 0.05) is 26.2 Å². The molecular weight excluding hydrogens is 522 g/mol. The molecule has 32 heavy (non-hydrogen) atoms. The molecule has 2 unspecified atom stereocenters. The fraction of sp³-hybridized carbons (Fsp3) is 0.458. The Balaban J connectivity index is 0.00000363. The highest BCUT2D eigenvalue weighted by molar-refractivity contribution is 14.0. The number of aliphatic imine (C=N–C) groups is 1. The van der Waals surface area contributed by atoms with Gasteiger partial charge in [-0.3, -0.25) is 9.89 Å². The Hall–Kier alpha value is -1.91. The lowest BCUT2D eigenvalue weighted by Gasteiger charge is -2.30. The van der Waals surface area contributed by atoms with Crippen LogP contribution in [-0.4, -0.2) is 55.4 Å². The summed E-state index contributed by atoms with van der Waals surface area (Å²) in [5.74, 6) is 0.420. The summed E-state index contributed by atoms with van der Waals surface area (Å²) in [7, 11) is 1.45. The molecule has 0 saturated carbocycles. The number of aliphatic hydroxyl groups is 1. The molecule has 176 valence electrons. The van der Waals surface area contributed by atoms with Gasteiger partial charge in [-0.25, -0.2) is 4.39 Å². The third-order valence-corrected chi connectivity index (χ3v) is 5.51. The lowest BCUT2D eigenvalue weighted by molar-refractivity contribution is 0.111. The van der Waals surface area contributed by atoms with E-state index in [2.05, 4.69) is 44.8 Å². The van der Waals surface area contributed by atoms with Crippen molar-refractivity contribution < 1.29 is 14.2 Å². The van der Waals surface area contributed by atoms with Gasteiger partial charge in [-0.2, -0.15) is 0 Å². The van der Waals surface area contributed by atoms with E-state index in [1.807, 2.05) is 19.9 Å². The van der Waals surface area contributed by atoms with Crippen molar-refractivity contribution in [3.8, 4) is 5.75 Å². The first-order valence-corrected chi connectivity index (χ1v) is 10.9. The van der Waals surface area contributed by atoms with Gasteiger partial charge in [0.05, 0.1) is 25.8 Å². The average Bonchev–Trinajstić information content (AvgIpc) is 2.77. The number of benzene rings is 2. The van der Waals surface area contributed by atoms with Crippen molar-refractivity contribution >= 4 is 29.9 Å². The fourth-order valence-electron chi connectivity index (χ4n) is 3.82. The van der Waals surface area contributed by atoms with Gasteiger partial charge >= 0.3 is 0 Å². The maximum Gasteiger partial charge on any atom is 0.191 e. The highest BCUT2D eigenvalue weighted by Crippen LogP contribution is 2.22. The van der Waals surface area contributed by atoms with Crippen LogP contribution in [0.3, 0.4) is 0 Å². The standard InChI is InChI=1S/C24H33FN4O2.HI/c1-4-26-24(28-17(2)19-9-10-23(31-3)22(25)13-19)27-14-21(30)16-29-12-11-18-7-5-6-8-20(18)15-29;/h5-10,13,17,21,30H,4,11-12,14-16H2,1-3H3,(H2,26,27,28);1H. The van der Waals surface area contributed by atoms with Crippen LogP contribution in [-0.2, 0) is 13.0 Å². The summed E-state index contributed by atoms with van der Waals surface area (Å²) < 4.78 is 19.0. The molecule has 2 atom stereocenters. The summed E-state index contributed by atoms with van der Waals surface area (Å²) in [5, 5.41) is 17.0. The minimum Gasteiger partial charge on any atom is -0.494 e. The molecule has 0 amide bonds. The summed E-state index contributed by atoms with van der Waals surface area (Å²) in [5.41, 5.74) is 3.52. The van der Waals surface area contributed by atoms with E-state index in [-0.39, 0.29) is 42.3 Å². The largest absolute Gasteiger partial charge is 0.494 e. The van der Waals surface area contributed by atoms with Crippen LogP contribution in [0.15, 0.2) is 47.5 Å². The second-order valence-corrected chi connectivity index (χ2v) is 7.89. The molecule has 0 radical (unpaired) electrons. The molecule has 2 aromatic carbocycles. The monoisotopic (exact) mass is 556 g/mol. The number of rotatable bonds is 8. The Morgan fingerprint density at radius 3 is 2.69 bits per heavy atom. The number of ether oxygens (including phenoxy) is 1. The number of halogens is 2. The SMILES string of the molecule is CCNC(=NCC(O)CN1CCc2ccccc2C1)NC(C)c1ccc(OC)c(F)c1.I. The van der Waals surface area contributed by atoms with Gasteiger partial charge < -0.3 is 20.5 Å². The zero-order chi connectivity index (χ0) is 22.2. The van der Waals surface area contributed by atoms with Crippen molar-refractivity contribution in [1.82, 2.24) is 15.5 Å². The van der Waals surface area contributed by atoms with Crippen LogP contribution in [0.25, 0.3) is 0 Å². The van der Waals surface area contributed by atoms with E-state index in [0.717, 1.165) is 25.1 Å². The molecule has 3 N–H and O–H groups in total. The van der Waals surface area contributed by atoms with Crippen LogP contribution in [0.5, 0.6) is 5.75 Å². The molecule has 6 nitrogen and oxygen atoms in total. The van der Waals surface area contributed by atoms with Crippen molar-refractivity contribution in [3.05, 3.63) is 65.0 Å². The highest BCUT2D eigenvalue weighted by Gasteiger charge is 2.18. The number of hydrogen-bond acceptors (Lipinski definition) is 4. The normalized spacial score (nSPS) is 15.8. The van der Waals surface area contributed by atoms with Gasteiger partial charge in [-0.05, 0) is 49.1 Å². The van der Waals surface area contributed by atoms with Crippen molar-refractivity contribution in [2.45, 2.75) is 39.0 Å². The molecule has 8 heteroatoms. The minimum absolute atomic E-state index is 0. The fourth-order valence-corrected chi connectivity index (χ4v) is 3.82. The first-order chi connectivity index (χ1) is 15.0. The van der Waals surface area contributed by atoms with Crippen LogP contribution < -0.4 is 15.4 Å². The number of nitrogens with one attached hydrogen (secondary N) is 2. The van der Waals surface area contributed by atoms with Gasteiger partial charge in [-0.1, -0.05) is 30.3 Å². The van der Waals surface area contributed by atoms with E-state index in [1.165, 1.54) is 24.3 Å². The molecule has 0 aromatic heterocycles. The highest BCUT2D eigenvalue weighted by atomic mass is 127. The Labute approximate surface area is 207 Å².